The Labute approximate surface area is 194 Å². The number of nitrogens with zero attached hydrogens (tertiary/aromatic N) is 3. The standard InChI is InChI=1S/C24H20F2N4O3S/c1-14-27-22-21(30(14)17-9-10-34(32,33)13-17)12-20(15-5-3-2-4-6-15)29-23(22)24(31)28-16-7-8-18(25)19(26)11-16/h2-8,11-12,17H,9-10,13H2,1H3,(H,28,31). The average molecular weight is 483 g/mol. The molecule has 1 fully saturated rings. The summed E-state index contributed by atoms with van der Waals surface area (Å²) >= 11 is 0. The molecule has 5 rings (SSSR count). The summed E-state index contributed by atoms with van der Waals surface area (Å²) < 4.78 is 53.1. The van der Waals surface area contributed by atoms with Gasteiger partial charge in [0.1, 0.15) is 11.3 Å². The van der Waals surface area contributed by atoms with E-state index in [1.165, 1.54) is 6.07 Å². The summed E-state index contributed by atoms with van der Waals surface area (Å²) in [4.78, 5) is 22.3. The van der Waals surface area contributed by atoms with Crippen molar-refractivity contribution in [2.24, 2.45) is 0 Å². The number of hydrogen-bond donors (Lipinski definition) is 1. The van der Waals surface area contributed by atoms with Crippen molar-refractivity contribution < 1.29 is 22.0 Å². The van der Waals surface area contributed by atoms with Crippen molar-refractivity contribution in [3.8, 4) is 11.3 Å². The van der Waals surface area contributed by atoms with Crippen LogP contribution in [0.2, 0.25) is 0 Å². The van der Waals surface area contributed by atoms with Gasteiger partial charge in [0.25, 0.3) is 5.91 Å². The van der Waals surface area contributed by atoms with E-state index in [1.54, 1.807) is 13.0 Å². The molecule has 1 atom stereocenters. The number of benzene rings is 2. The van der Waals surface area contributed by atoms with Crippen LogP contribution in [0.3, 0.4) is 0 Å². The number of imidazole rings is 1. The molecule has 1 N–H and O–H groups in total. The molecule has 1 saturated heterocycles. The molecule has 174 valence electrons. The van der Waals surface area contributed by atoms with E-state index in [0.29, 0.717) is 29.0 Å². The molecule has 7 nitrogen and oxygen atoms in total. The lowest BCUT2D eigenvalue weighted by molar-refractivity contribution is 0.102. The molecule has 3 heterocycles. The number of fused-ring (bicyclic) bond motifs is 1. The number of halogens is 2. The minimum Gasteiger partial charge on any atom is -0.324 e. The van der Waals surface area contributed by atoms with Crippen LogP contribution in [0.15, 0.2) is 54.6 Å². The number of carbonyl (C=O) groups is 1. The molecule has 34 heavy (non-hydrogen) atoms. The summed E-state index contributed by atoms with van der Waals surface area (Å²) in [5.74, 6) is -2.10. The lowest BCUT2D eigenvalue weighted by Crippen LogP contribution is -2.16. The van der Waals surface area contributed by atoms with Crippen molar-refractivity contribution in [1.82, 2.24) is 14.5 Å². The van der Waals surface area contributed by atoms with Crippen LogP contribution >= 0.6 is 0 Å². The normalized spacial score (nSPS) is 17.2. The molecule has 4 aromatic rings. The smallest absolute Gasteiger partial charge is 0.276 e. The van der Waals surface area contributed by atoms with Crippen LogP contribution in [0, 0.1) is 18.6 Å². The van der Waals surface area contributed by atoms with E-state index in [2.05, 4.69) is 15.3 Å². The van der Waals surface area contributed by atoms with Gasteiger partial charge in [0.15, 0.2) is 27.2 Å². The Morgan fingerprint density at radius 3 is 2.50 bits per heavy atom. The highest BCUT2D eigenvalue weighted by Gasteiger charge is 2.32. The summed E-state index contributed by atoms with van der Waals surface area (Å²) in [6.45, 7) is 1.75. The molecule has 1 unspecified atom stereocenters. The zero-order chi connectivity index (χ0) is 24.0. The third-order valence-corrected chi connectivity index (χ3v) is 7.64. The molecule has 2 aromatic heterocycles. The Morgan fingerprint density at radius 2 is 1.82 bits per heavy atom. The lowest BCUT2D eigenvalue weighted by atomic mass is 10.1. The summed E-state index contributed by atoms with van der Waals surface area (Å²) in [5, 5.41) is 2.56. The molecule has 1 amide bonds. The van der Waals surface area contributed by atoms with Gasteiger partial charge in [-0.1, -0.05) is 30.3 Å². The predicted molar refractivity (Wildman–Crippen MR) is 124 cm³/mol. The average Bonchev–Trinajstić information content (AvgIpc) is 3.33. The molecule has 0 spiro atoms. The number of nitrogens with one attached hydrogen (secondary N) is 1. The maximum absolute atomic E-state index is 13.7. The molecule has 0 radical (unpaired) electrons. The molecule has 0 bridgehead atoms. The topological polar surface area (TPSA) is 93.9 Å². The van der Waals surface area contributed by atoms with Gasteiger partial charge in [-0.3, -0.25) is 4.79 Å². The zero-order valence-electron chi connectivity index (χ0n) is 18.1. The molecule has 0 aliphatic carbocycles. The van der Waals surface area contributed by atoms with Crippen molar-refractivity contribution in [2.75, 3.05) is 16.8 Å². The first-order chi connectivity index (χ1) is 16.2. The van der Waals surface area contributed by atoms with Crippen molar-refractivity contribution >= 4 is 32.5 Å². The maximum atomic E-state index is 13.7. The second-order valence-corrected chi connectivity index (χ2v) is 10.5. The number of amides is 1. The minimum absolute atomic E-state index is 0.00131. The van der Waals surface area contributed by atoms with E-state index >= 15 is 0 Å². The van der Waals surface area contributed by atoms with Crippen molar-refractivity contribution in [2.45, 2.75) is 19.4 Å². The number of carbonyl (C=O) groups excluding carboxylic acids is 1. The first-order valence-electron chi connectivity index (χ1n) is 10.6. The van der Waals surface area contributed by atoms with E-state index in [-0.39, 0.29) is 28.9 Å². The van der Waals surface area contributed by atoms with Crippen LogP contribution in [0.1, 0.15) is 28.8 Å². The summed E-state index contributed by atoms with van der Waals surface area (Å²) in [7, 11) is -3.15. The molecular formula is C24H20F2N4O3S. The first kappa shape index (κ1) is 22.1. The van der Waals surface area contributed by atoms with E-state index in [9.17, 15) is 22.0 Å². The molecular weight excluding hydrogens is 462 g/mol. The number of aromatic nitrogens is 3. The Morgan fingerprint density at radius 1 is 1.06 bits per heavy atom. The molecule has 0 saturated carbocycles. The van der Waals surface area contributed by atoms with Gasteiger partial charge < -0.3 is 9.88 Å². The van der Waals surface area contributed by atoms with Crippen molar-refractivity contribution in [3.05, 3.63) is 77.8 Å². The third-order valence-electron chi connectivity index (χ3n) is 5.89. The quantitative estimate of drug-likeness (QED) is 0.468. The van der Waals surface area contributed by atoms with Gasteiger partial charge in [0, 0.05) is 17.3 Å². The van der Waals surface area contributed by atoms with Gasteiger partial charge in [-0.15, -0.1) is 0 Å². The second kappa shape index (κ2) is 8.28. The number of rotatable bonds is 4. The summed E-state index contributed by atoms with van der Waals surface area (Å²) in [6, 6.07) is 13.8. The van der Waals surface area contributed by atoms with Crippen LogP contribution in [-0.4, -0.2) is 40.4 Å². The predicted octanol–water partition coefficient (Wildman–Crippen LogP) is 4.30. The Hall–Kier alpha value is -3.66. The van der Waals surface area contributed by atoms with Crippen LogP contribution in [0.4, 0.5) is 14.5 Å². The largest absolute Gasteiger partial charge is 0.324 e. The summed E-state index contributed by atoms with van der Waals surface area (Å²) in [6.07, 6.45) is 0.452. The van der Waals surface area contributed by atoms with E-state index in [4.69, 9.17) is 0 Å². The highest BCUT2D eigenvalue weighted by atomic mass is 32.2. The van der Waals surface area contributed by atoms with Gasteiger partial charge in [0.05, 0.1) is 28.8 Å². The number of sulfone groups is 1. The second-order valence-electron chi connectivity index (χ2n) is 8.26. The van der Waals surface area contributed by atoms with E-state index < -0.39 is 27.4 Å². The monoisotopic (exact) mass is 482 g/mol. The number of anilines is 1. The third kappa shape index (κ3) is 4.05. The fourth-order valence-electron chi connectivity index (χ4n) is 4.33. The van der Waals surface area contributed by atoms with Crippen LogP contribution in [0.25, 0.3) is 22.3 Å². The van der Waals surface area contributed by atoms with E-state index in [1.807, 2.05) is 34.9 Å². The van der Waals surface area contributed by atoms with Gasteiger partial charge in [-0.25, -0.2) is 27.2 Å². The Bertz CT molecular complexity index is 1540. The van der Waals surface area contributed by atoms with Gasteiger partial charge in [0.2, 0.25) is 0 Å². The number of aryl methyl sites for hydroxylation is 1. The van der Waals surface area contributed by atoms with Crippen molar-refractivity contribution in [1.29, 1.82) is 0 Å². The fourth-order valence-corrected chi connectivity index (χ4v) is 6.03. The Kier molecular flexibility index (Phi) is 5.40. The highest BCUT2D eigenvalue weighted by Crippen LogP contribution is 2.32. The first-order valence-corrected chi connectivity index (χ1v) is 12.5. The zero-order valence-corrected chi connectivity index (χ0v) is 18.9. The minimum atomic E-state index is -3.15. The van der Waals surface area contributed by atoms with Gasteiger partial charge in [-0.2, -0.15) is 0 Å². The SMILES string of the molecule is Cc1nc2c(C(=O)Nc3ccc(F)c(F)c3)nc(-c3ccccc3)cc2n1C1CCS(=O)(=O)C1. The van der Waals surface area contributed by atoms with E-state index in [0.717, 1.165) is 17.7 Å². The molecule has 1 aliphatic heterocycles. The number of pyridine rings is 1. The van der Waals surface area contributed by atoms with Crippen molar-refractivity contribution in [3.63, 3.8) is 0 Å². The Balaban J connectivity index is 1.66. The molecule has 10 heteroatoms. The van der Waals surface area contributed by atoms with Gasteiger partial charge >= 0.3 is 0 Å². The van der Waals surface area contributed by atoms with Crippen LogP contribution in [-0.2, 0) is 9.84 Å². The van der Waals surface area contributed by atoms with Crippen LogP contribution < -0.4 is 5.32 Å². The lowest BCUT2D eigenvalue weighted by Gasteiger charge is -2.15. The van der Waals surface area contributed by atoms with Gasteiger partial charge in [-0.05, 0) is 31.5 Å². The summed E-state index contributed by atoms with van der Waals surface area (Å²) in [5.41, 5.74) is 2.23. The molecule has 2 aromatic carbocycles. The maximum Gasteiger partial charge on any atom is 0.276 e. The fraction of sp³-hybridized carbons (Fsp3) is 0.208. The number of hydrogen-bond acceptors (Lipinski definition) is 5. The van der Waals surface area contributed by atoms with Crippen LogP contribution in [0.5, 0.6) is 0 Å². The highest BCUT2D eigenvalue weighted by molar-refractivity contribution is 7.91. The molecule has 1 aliphatic rings.